The number of rotatable bonds is 5. The summed E-state index contributed by atoms with van der Waals surface area (Å²) in [5, 5.41) is 0. The molecular formula is C16H24FNO. The Balaban J connectivity index is 2.13. The summed E-state index contributed by atoms with van der Waals surface area (Å²) in [7, 11) is 1.49. The molecule has 0 radical (unpaired) electrons. The summed E-state index contributed by atoms with van der Waals surface area (Å²) in [6.45, 7) is 2.93. The molecule has 1 aliphatic rings. The van der Waals surface area contributed by atoms with Crippen LogP contribution in [-0.2, 0) is 6.42 Å². The second-order valence-electron chi connectivity index (χ2n) is 5.87. The minimum absolute atomic E-state index is 0.168. The molecule has 0 spiro atoms. The zero-order valence-electron chi connectivity index (χ0n) is 11.9. The van der Waals surface area contributed by atoms with E-state index in [0.717, 1.165) is 24.3 Å². The summed E-state index contributed by atoms with van der Waals surface area (Å²) in [5.41, 5.74) is 7.21. The van der Waals surface area contributed by atoms with E-state index in [1.807, 2.05) is 6.07 Å². The predicted molar refractivity (Wildman–Crippen MR) is 75.8 cm³/mol. The molecule has 1 aliphatic carbocycles. The minimum atomic E-state index is -0.280. The van der Waals surface area contributed by atoms with Gasteiger partial charge in [0.1, 0.15) is 0 Å². The molecule has 1 aromatic carbocycles. The fourth-order valence-electron chi connectivity index (χ4n) is 3.35. The van der Waals surface area contributed by atoms with Crippen molar-refractivity contribution in [1.82, 2.24) is 0 Å². The number of hydrogen-bond donors (Lipinski definition) is 1. The summed E-state index contributed by atoms with van der Waals surface area (Å²) in [5.74, 6) is 0.812. The molecule has 2 atom stereocenters. The van der Waals surface area contributed by atoms with Crippen molar-refractivity contribution in [2.75, 3.05) is 13.7 Å². The van der Waals surface area contributed by atoms with Gasteiger partial charge in [-0.15, -0.1) is 0 Å². The molecule has 2 unspecified atom stereocenters. The van der Waals surface area contributed by atoms with Crippen molar-refractivity contribution in [3.05, 3.63) is 29.6 Å². The summed E-state index contributed by atoms with van der Waals surface area (Å²) in [6, 6.07) is 5.26. The Bertz CT molecular complexity index is 435. The topological polar surface area (TPSA) is 35.2 Å². The standard InChI is InChI=1S/C16H24FNO/c1-3-12-6-7-16(9-12,11-18)10-13-4-5-15(19-2)14(17)8-13/h4-5,8,12H,3,6-7,9-11,18H2,1-2H3. The maximum absolute atomic E-state index is 13.7. The highest BCUT2D eigenvalue weighted by atomic mass is 19.1. The Kier molecular flexibility index (Phi) is 4.46. The maximum atomic E-state index is 13.7. The number of hydrogen-bond acceptors (Lipinski definition) is 2. The molecule has 1 saturated carbocycles. The lowest BCUT2D eigenvalue weighted by Gasteiger charge is -2.28. The Labute approximate surface area is 115 Å². The number of methoxy groups -OCH3 is 1. The van der Waals surface area contributed by atoms with Gasteiger partial charge in [-0.2, -0.15) is 0 Å². The first-order chi connectivity index (χ1) is 9.12. The van der Waals surface area contributed by atoms with Crippen molar-refractivity contribution in [3.8, 4) is 5.75 Å². The average molecular weight is 265 g/mol. The van der Waals surface area contributed by atoms with E-state index in [0.29, 0.717) is 12.3 Å². The monoisotopic (exact) mass is 265 g/mol. The molecule has 3 heteroatoms. The maximum Gasteiger partial charge on any atom is 0.165 e. The van der Waals surface area contributed by atoms with Crippen molar-refractivity contribution in [2.24, 2.45) is 17.1 Å². The first-order valence-corrected chi connectivity index (χ1v) is 7.15. The highest BCUT2D eigenvalue weighted by Gasteiger charge is 2.37. The molecule has 0 bridgehead atoms. The van der Waals surface area contributed by atoms with Crippen LogP contribution in [-0.4, -0.2) is 13.7 Å². The van der Waals surface area contributed by atoms with Crippen LogP contribution < -0.4 is 10.5 Å². The normalized spacial score (nSPS) is 26.6. The Hall–Kier alpha value is -1.09. The highest BCUT2D eigenvalue weighted by Crippen LogP contribution is 2.44. The Morgan fingerprint density at radius 3 is 2.79 bits per heavy atom. The quantitative estimate of drug-likeness (QED) is 0.884. The van der Waals surface area contributed by atoms with Crippen LogP contribution in [0.3, 0.4) is 0 Å². The van der Waals surface area contributed by atoms with Gasteiger partial charge in [-0.3, -0.25) is 0 Å². The lowest BCUT2D eigenvalue weighted by atomic mass is 9.79. The molecule has 0 heterocycles. The molecule has 106 valence electrons. The predicted octanol–water partition coefficient (Wildman–Crippen LogP) is 3.53. The zero-order valence-corrected chi connectivity index (χ0v) is 11.9. The van der Waals surface area contributed by atoms with Crippen LogP contribution in [0, 0.1) is 17.2 Å². The van der Waals surface area contributed by atoms with Crippen LogP contribution in [0.15, 0.2) is 18.2 Å². The molecule has 2 nitrogen and oxygen atoms in total. The van der Waals surface area contributed by atoms with Gasteiger partial charge >= 0.3 is 0 Å². The smallest absolute Gasteiger partial charge is 0.165 e. The van der Waals surface area contributed by atoms with E-state index in [4.69, 9.17) is 10.5 Å². The van der Waals surface area contributed by atoms with Crippen LogP contribution in [0.4, 0.5) is 4.39 Å². The largest absolute Gasteiger partial charge is 0.494 e. The first-order valence-electron chi connectivity index (χ1n) is 7.15. The van der Waals surface area contributed by atoms with Gasteiger partial charge in [0.25, 0.3) is 0 Å². The highest BCUT2D eigenvalue weighted by molar-refractivity contribution is 5.30. The number of nitrogens with two attached hydrogens (primary N) is 1. The van der Waals surface area contributed by atoms with Crippen LogP contribution in [0.1, 0.15) is 38.2 Å². The van der Waals surface area contributed by atoms with E-state index in [9.17, 15) is 4.39 Å². The molecule has 0 amide bonds. The summed E-state index contributed by atoms with van der Waals surface area (Å²) in [6.07, 6.45) is 5.69. The second kappa shape index (κ2) is 5.91. The van der Waals surface area contributed by atoms with Crippen molar-refractivity contribution in [1.29, 1.82) is 0 Å². The lowest BCUT2D eigenvalue weighted by Crippen LogP contribution is -2.30. The molecule has 19 heavy (non-hydrogen) atoms. The fourth-order valence-corrected chi connectivity index (χ4v) is 3.35. The van der Waals surface area contributed by atoms with Crippen molar-refractivity contribution in [2.45, 2.75) is 39.0 Å². The third-order valence-electron chi connectivity index (χ3n) is 4.61. The van der Waals surface area contributed by atoms with Gasteiger partial charge in [-0.1, -0.05) is 19.4 Å². The molecule has 1 fully saturated rings. The van der Waals surface area contributed by atoms with E-state index < -0.39 is 0 Å². The first kappa shape index (κ1) is 14.3. The van der Waals surface area contributed by atoms with Crippen LogP contribution >= 0.6 is 0 Å². The zero-order chi connectivity index (χ0) is 13.9. The summed E-state index contributed by atoms with van der Waals surface area (Å²) < 4.78 is 18.7. The van der Waals surface area contributed by atoms with Crippen LogP contribution in [0.5, 0.6) is 5.75 Å². The van der Waals surface area contributed by atoms with Crippen molar-refractivity contribution < 1.29 is 9.13 Å². The minimum Gasteiger partial charge on any atom is -0.494 e. The third kappa shape index (κ3) is 3.08. The van der Waals surface area contributed by atoms with Crippen LogP contribution in [0.25, 0.3) is 0 Å². The molecule has 0 aliphatic heterocycles. The van der Waals surface area contributed by atoms with Gasteiger partial charge in [0.15, 0.2) is 11.6 Å². The fraction of sp³-hybridized carbons (Fsp3) is 0.625. The van der Waals surface area contributed by atoms with E-state index in [1.54, 1.807) is 12.1 Å². The van der Waals surface area contributed by atoms with Crippen molar-refractivity contribution >= 4 is 0 Å². The molecular weight excluding hydrogens is 241 g/mol. The van der Waals surface area contributed by atoms with E-state index in [1.165, 1.54) is 26.4 Å². The van der Waals surface area contributed by atoms with Gasteiger partial charge in [0.05, 0.1) is 7.11 Å². The van der Waals surface area contributed by atoms with Gasteiger partial charge in [-0.25, -0.2) is 4.39 Å². The van der Waals surface area contributed by atoms with Crippen molar-refractivity contribution in [3.63, 3.8) is 0 Å². The van der Waals surface area contributed by atoms with E-state index in [2.05, 4.69) is 6.92 Å². The van der Waals surface area contributed by atoms with E-state index >= 15 is 0 Å². The summed E-state index contributed by atoms with van der Waals surface area (Å²) >= 11 is 0. The van der Waals surface area contributed by atoms with Crippen LogP contribution in [0.2, 0.25) is 0 Å². The second-order valence-corrected chi connectivity index (χ2v) is 5.87. The Morgan fingerprint density at radius 1 is 1.47 bits per heavy atom. The number of ether oxygens (including phenoxy) is 1. The van der Waals surface area contributed by atoms with Gasteiger partial charge in [0.2, 0.25) is 0 Å². The van der Waals surface area contributed by atoms with Gasteiger partial charge in [0, 0.05) is 0 Å². The Morgan fingerprint density at radius 2 is 2.26 bits per heavy atom. The van der Waals surface area contributed by atoms with E-state index in [-0.39, 0.29) is 11.2 Å². The number of benzene rings is 1. The van der Waals surface area contributed by atoms with Gasteiger partial charge < -0.3 is 10.5 Å². The summed E-state index contributed by atoms with van der Waals surface area (Å²) in [4.78, 5) is 0. The molecule has 2 rings (SSSR count). The number of halogens is 1. The average Bonchev–Trinajstić information content (AvgIpc) is 2.83. The third-order valence-corrected chi connectivity index (χ3v) is 4.61. The van der Waals surface area contributed by atoms with Gasteiger partial charge in [-0.05, 0) is 61.3 Å². The lowest BCUT2D eigenvalue weighted by molar-refractivity contribution is 0.290. The molecule has 1 aromatic rings. The molecule has 0 aromatic heterocycles. The molecule has 0 saturated heterocycles. The SMILES string of the molecule is CCC1CCC(CN)(Cc2ccc(OC)c(F)c2)C1. The molecule has 2 N–H and O–H groups in total.